The number of hydrogen-bond acceptors (Lipinski definition) is 8. The smallest absolute Gasteiger partial charge is 0.490 e. The summed E-state index contributed by atoms with van der Waals surface area (Å²) in [6.45, 7) is 5.56. The van der Waals surface area contributed by atoms with E-state index in [-0.39, 0.29) is 11.2 Å². The van der Waals surface area contributed by atoms with Gasteiger partial charge in [0.2, 0.25) is 5.43 Å². The van der Waals surface area contributed by atoms with E-state index in [1.165, 1.54) is 17.4 Å². The summed E-state index contributed by atoms with van der Waals surface area (Å²) in [6, 6.07) is 2.71. The van der Waals surface area contributed by atoms with Crippen LogP contribution in [0.2, 0.25) is 0 Å². The molecule has 2 aromatic heterocycles. The number of carboxylic acid groups (broad SMARTS) is 2. The first-order chi connectivity index (χ1) is 16.8. The van der Waals surface area contributed by atoms with E-state index in [1.807, 2.05) is 19.2 Å². The molecule has 0 bridgehead atoms. The molecule has 0 aliphatic carbocycles. The number of phenolic OH excluding ortho intramolecular Hbond substituents is 1. The number of carboxylic acids is 2. The number of aliphatic carboxylic acids is 2. The van der Waals surface area contributed by atoms with E-state index in [0.717, 1.165) is 5.69 Å². The van der Waals surface area contributed by atoms with Gasteiger partial charge in [-0.15, -0.1) is 11.3 Å². The first-order valence-electron chi connectivity index (χ1n) is 9.92. The molecule has 9 nitrogen and oxygen atoms in total. The van der Waals surface area contributed by atoms with Crippen molar-refractivity contribution in [2.75, 3.05) is 0 Å². The Morgan fingerprint density at radius 2 is 1.59 bits per heavy atom. The Morgan fingerprint density at radius 3 is 1.95 bits per heavy atom. The van der Waals surface area contributed by atoms with E-state index < -0.39 is 30.3 Å². The number of carbonyl (C=O) groups is 2. The van der Waals surface area contributed by atoms with E-state index in [4.69, 9.17) is 30.0 Å². The van der Waals surface area contributed by atoms with Crippen LogP contribution in [0.25, 0.3) is 21.5 Å². The highest BCUT2D eigenvalue weighted by Gasteiger charge is 2.38. The molecule has 0 radical (unpaired) electrons. The molecule has 0 aliphatic heterocycles. The van der Waals surface area contributed by atoms with E-state index in [9.17, 15) is 36.2 Å². The number of hydrogen-bond donors (Lipinski definition) is 4. The first kappa shape index (κ1) is 31.4. The molecule has 0 saturated heterocycles. The summed E-state index contributed by atoms with van der Waals surface area (Å²) in [5.74, 6) is -5.00. The minimum Gasteiger partial charge on any atom is -0.508 e. The van der Waals surface area contributed by atoms with Gasteiger partial charge >= 0.3 is 24.3 Å². The minimum absolute atomic E-state index is 0.122. The first-order valence-corrected chi connectivity index (χ1v) is 10.8. The van der Waals surface area contributed by atoms with Crippen LogP contribution in [0.5, 0.6) is 5.75 Å². The Kier molecular flexibility index (Phi) is 10.2. The molecule has 0 aliphatic rings. The molecule has 0 spiro atoms. The summed E-state index contributed by atoms with van der Waals surface area (Å²) in [5, 5.41) is 27.2. The van der Waals surface area contributed by atoms with Crippen molar-refractivity contribution in [2.24, 2.45) is 5.73 Å². The van der Waals surface area contributed by atoms with Crippen LogP contribution >= 0.6 is 11.3 Å². The maximum Gasteiger partial charge on any atom is 0.490 e. The van der Waals surface area contributed by atoms with Gasteiger partial charge in [0.25, 0.3) is 0 Å². The summed E-state index contributed by atoms with van der Waals surface area (Å²) in [7, 11) is 0. The second-order valence-corrected chi connectivity index (χ2v) is 8.05. The monoisotopic (exact) mass is 558 g/mol. The van der Waals surface area contributed by atoms with Crippen LogP contribution in [0, 0.1) is 6.92 Å². The number of rotatable bonds is 3. The molecule has 16 heteroatoms. The molecule has 2 heterocycles. The molecule has 3 rings (SSSR count). The second kappa shape index (κ2) is 12.1. The Bertz CT molecular complexity index is 1310. The van der Waals surface area contributed by atoms with Crippen molar-refractivity contribution in [1.82, 2.24) is 4.98 Å². The Balaban J connectivity index is 0.000000404. The zero-order valence-electron chi connectivity index (χ0n) is 19.2. The van der Waals surface area contributed by atoms with Crippen LogP contribution in [0.3, 0.4) is 0 Å². The fraction of sp³-hybridized carbons (Fsp3) is 0.333. The van der Waals surface area contributed by atoms with Gasteiger partial charge in [-0.05, 0) is 31.9 Å². The SMILES string of the molecule is CCc1cc2c(=O)c(-c3nc(C)cs3)c([C@@H](C)N)oc2cc1O.O=C(O)C(F)(F)F.O=C(O)C(F)(F)F. The number of aryl methyl sites for hydroxylation is 2. The van der Waals surface area contributed by atoms with Gasteiger partial charge in [0.15, 0.2) is 0 Å². The Hall–Kier alpha value is -3.66. The van der Waals surface area contributed by atoms with E-state index in [2.05, 4.69) is 4.98 Å². The number of aromatic hydroxyl groups is 1. The van der Waals surface area contributed by atoms with Crippen molar-refractivity contribution in [3.63, 3.8) is 0 Å². The van der Waals surface area contributed by atoms with Crippen LogP contribution in [0.1, 0.15) is 36.9 Å². The quantitative estimate of drug-likeness (QED) is 0.331. The normalized spacial score (nSPS) is 12.2. The highest BCUT2D eigenvalue weighted by Crippen LogP contribution is 2.32. The molecule has 37 heavy (non-hydrogen) atoms. The van der Waals surface area contributed by atoms with Crippen LogP contribution in [0.4, 0.5) is 26.3 Å². The molecule has 1 aromatic carbocycles. The number of fused-ring (bicyclic) bond motifs is 1. The summed E-state index contributed by atoms with van der Waals surface area (Å²) in [5.41, 5.74) is 8.14. The molecule has 0 unspecified atom stereocenters. The second-order valence-electron chi connectivity index (χ2n) is 7.19. The lowest BCUT2D eigenvalue weighted by atomic mass is 10.0. The number of thiazole rings is 1. The molecular weight excluding hydrogens is 538 g/mol. The number of phenols is 1. The molecule has 0 saturated carbocycles. The van der Waals surface area contributed by atoms with Crippen molar-refractivity contribution >= 4 is 34.2 Å². The van der Waals surface area contributed by atoms with Gasteiger partial charge in [0, 0.05) is 17.1 Å². The lowest BCUT2D eigenvalue weighted by molar-refractivity contribution is -0.193. The van der Waals surface area contributed by atoms with Crippen molar-refractivity contribution in [1.29, 1.82) is 0 Å². The van der Waals surface area contributed by atoms with Crippen molar-refractivity contribution in [3.8, 4) is 16.3 Å². The fourth-order valence-corrected chi connectivity index (χ4v) is 3.41. The van der Waals surface area contributed by atoms with Crippen molar-refractivity contribution < 1.29 is 55.7 Å². The van der Waals surface area contributed by atoms with E-state index in [0.29, 0.717) is 39.3 Å². The summed E-state index contributed by atoms with van der Waals surface area (Å²) in [6.07, 6.45) is -9.54. The number of benzene rings is 1. The van der Waals surface area contributed by atoms with Gasteiger partial charge < -0.3 is 25.5 Å². The standard InChI is InChI=1S/C17H18N2O3S.2C2HF3O2/c1-4-10-5-11-13(6-12(10)20)22-16(9(3)18)14(15(11)21)17-19-8(2)7-23-17;2*3-2(4,5)1(6)7/h5-7,9,20H,4,18H2,1-3H3;2*(H,6,7)/t9-;;/m1../s1. The zero-order valence-corrected chi connectivity index (χ0v) is 20.0. The highest BCUT2D eigenvalue weighted by atomic mass is 32.1. The van der Waals surface area contributed by atoms with Gasteiger partial charge in [0.1, 0.15) is 22.1 Å². The Morgan fingerprint density at radius 1 is 1.11 bits per heavy atom. The molecule has 3 aromatic rings. The number of aromatic nitrogens is 1. The van der Waals surface area contributed by atoms with Gasteiger partial charge in [0.05, 0.1) is 17.0 Å². The summed E-state index contributed by atoms with van der Waals surface area (Å²) < 4.78 is 69.3. The molecule has 0 amide bonds. The van der Waals surface area contributed by atoms with Crippen LogP contribution < -0.4 is 11.2 Å². The molecular formula is C21H20F6N2O7S. The third kappa shape index (κ3) is 8.45. The lowest BCUT2D eigenvalue weighted by Crippen LogP contribution is -2.21. The van der Waals surface area contributed by atoms with Gasteiger partial charge in [-0.1, -0.05) is 6.92 Å². The number of alkyl halides is 6. The van der Waals surface area contributed by atoms with E-state index >= 15 is 0 Å². The van der Waals surface area contributed by atoms with Crippen molar-refractivity contribution in [3.05, 3.63) is 44.8 Å². The van der Waals surface area contributed by atoms with Gasteiger partial charge in [-0.3, -0.25) is 4.79 Å². The van der Waals surface area contributed by atoms with Crippen LogP contribution in [0.15, 0.2) is 26.7 Å². The maximum absolute atomic E-state index is 13.0. The number of nitrogens with zero attached hydrogens (tertiary/aromatic N) is 1. The largest absolute Gasteiger partial charge is 0.508 e. The molecule has 1 atom stereocenters. The minimum atomic E-state index is -5.08. The highest BCUT2D eigenvalue weighted by molar-refractivity contribution is 7.13. The fourth-order valence-electron chi connectivity index (χ4n) is 2.57. The Labute approximate surface area is 207 Å². The van der Waals surface area contributed by atoms with Gasteiger partial charge in [-0.2, -0.15) is 26.3 Å². The summed E-state index contributed by atoms with van der Waals surface area (Å²) >= 11 is 1.39. The average molecular weight is 558 g/mol. The van der Waals surface area contributed by atoms with Crippen molar-refractivity contribution in [2.45, 2.75) is 45.6 Å². The van der Waals surface area contributed by atoms with Crippen LogP contribution in [-0.2, 0) is 16.0 Å². The summed E-state index contributed by atoms with van der Waals surface area (Å²) in [4.78, 5) is 35.2. The molecule has 0 fully saturated rings. The van der Waals surface area contributed by atoms with Gasteiger partial charge in [-0.25, -0.2) is 14.6 Å². The third-order valence-corrected chi connectivity index (χ3v) is 5.21. The predicted octanol–water partition coefficient (Wildman–Crippen LogP) is 4.78. The topological polar surface area (TPSA) is 164 Å². The predicted molar refractivity (Wildman–Crippen MR) is 119 cm³/mol. The third-order valence-electron chi connectivity index (χ3n) is 4.23. The van der Waals surface area contributed by atoms with E-state index in [1.54, 1.807) is 13.0 Å². The zero-order chi connectivity index (χ0) is 28.9. The number of nitrogens with two attached hydrogens (primary N) is 1. The number of halogens is 6. The van der Waals surface area contributed by atoms with Crippen LogP contribution in [-0.4, -0.2) is 44.6 Å². The molecule has 5 N–H and O–H groups in total. The molecule has 204 valence electrons. The maximum atomic E-state index is 13.0. The lowest BCUT2D eigenvalue weighted by Gasteiger charge is -2.12. The average Bonchev–Trinajstić information content (AvgIpc) is 3.18.